The molecule has 115 heavy (non-hydrogen) atoms. The van der Waals surface area contributed by atoms with Gasteiger partial charge in [0, 0.05) is 80.6 Å². The molecule has 2 aromatic heterocycles. The maximum absolute atomic E-state index is 14.8. The van der Waals surface area contributed by atoms with Crippen molar-refractivity contribution in [2.45, 2.75) is 204 Å². The number of methoxy groups -OCH3 is 1. The SMILES string of the molecule is COCCOCC(C)(NC(=O)[C@H](Cc1c[nH]c2ncccc12)NC(=O)C[C@@H](C)O)C(=O)N[C@@H](C)C(=O)N[C@@H](Cc1ccc(O)cc1)C(=O)NC(C)(C(=O)N[C@H](C(=O)N[C@H](CSCc1cccc(CSC[C@H](NC(C)=O)C(=O)N[C@H](C(=O)N[C@@H](Cc2ccc(O)cc2)C(=O)N2CCC[C@H]2C(N)=O)C(C)(C)C)c1)C(N)=O)[C@@H](C)O)C(C)C. The van der Waals surface area contributed by atoms with Gasteiger partial charge in [-0.3, -0.25) is 62.3 Å². The third-order valence-electron chi connectivity index (χ3n) is 19.3. The largest absolute Gasteiger partial charge is 0.508 e. The summed E-state index contributed by atoms with van der Waals surface area (Å²) >= 11 is 2.53. The average Bonchev–Trinajstić information content (AvgIpc) is 1.80. The first kappa shape index (κ1) is 93.5. The van der Waals surface area contributed by atoms with E-state index < -0.39 is 172 Å². The number of thioether (sulfide) groups is 2. The van der Waals surface area contributed by atoms with Gasteiger partial charge in [0.2, 0.25) is 76.8 Å². The number of aromatic nitrogens is 2. The van der Waals surface area contributed by atoms with Crippen LogP contribution in [-0.2, 0) is 103 Å². The van der Waals surface area contributed by atoms with Crippen molar-refractivity contribution < 1.29 is 92.2 Å². The van der Waals surface area contributed by atoms with E-state index >= 15 is 0 Å². The number of hydrogen-bond acceptors (Lipinski definition) is 22. The Bertz CT molecular complexity index is 4220. The van der Waals surface area contributed by atoms with Crippen LogP contribution < -0.4 is 64.6 Å². The van der Waals surface area contributed by atoms with Crippen molar-refractivity contribution in [3.63, 3.8) is 0 Å². The molecule has 34 nitrogen and oxygen atoms in total. The number of phenols is 2. The monoisotopic (exact) mass is 1640 g/mol. The number of primary amides is 2. The van der Waals surface area contributed by atoms with Gasteiger partial charge >= 0.3 is 0 Å². The summed E-state index contributed by atoms with van der Waals surface area (Å²) < 4.78 is 10.9. The number of amides is 13. The fourth-order valence-electron chi connectivity index (χ4n) is 12.4. The highest BCUT2D eigenvalue weighted by Gasteiger charge is 2.45. The number of nitrogens with one attached hydrogen (secondary N) is 11. The predicted molar refractivity (Wildman–Crippen MR) is 430 cm³/mol. The molecule has 0 aliphatic carbocycles. The second-order valence-electron chi connectivity index (χ2n) is 30.5. The maximum Gasteiger partial charge on any atom is 0.248 e. The van der Waals surface area contributed by atoms with Crippen molar-refractivity contribution in [3.05, 3.63) is 125 Å². The molecule has 1 fully saturated rings. The molecular formula is C79H111N15O19S2. The standard InChI is InChI=1S/C79H111N15O19S2/c1-43(2)79(11,93-71(106)56(34-48-20-24-53(98)25-21-48)87-68(103)45(4)84-75(110)78(10,42-113-31-30-112-12)92-70(105)57(86-62(100)32-44(3)95)36-52-37-83-67-55(52)18-14-28-82-67)76(111)90-63(46(5)96)72(107)89-59(65(80)101)40-114-38-50-16-13-17-51(33-50)39-115-41-60(85-47(6)97)69(104)91-64(77(7,8)9)73(108)88-58(35-49-22-26-54(99)27-23-49)74(109)94-29-15-19-61(94)66(81)102/h13-14,16-18,20-28,33,37,43-46,56-61,63-64,95-96,98-99H,15,19,29-32,34-36,38-42H2,1-12H3,(H2,80,101)(H2,81,102)(H,82,83)(H,84,110)(H,85,97)(H,86,100)(H,87,103)(H,88,108)(H,89,107)(H,90,111)(H,91,104)(H,92,105)(H,93,106)/t44-,45+,46-,56+,57+,58+,59-,60+,61+,63+,64-,78?,79?/m1/s1. The molecule has 2 unspecified atom stereocenters. The van der Waals surface area contributed by atoms with Gasteiger partial charge in [0.1, 0.15) is 82.6 Å². The Kier molecular flexibility index (Phi) is 35.2. The molecule has 1 aliphatic heterocycles. The van der Waals surface area contributed by atoms with E-state index in [4.69, 9.17) is 20.9 Å². The van der Waals surface area contributed by atoms with Gasteiger partial charge in [-0.1, -0.05) is 83.1 Å². The molecule has 13 atom stereocenters. The van der Waals surface area contributed by atoms with Crippen molar-refractivity contribution in [2.75, 3.05) is 45.0 Å². The first-order chi connectivity index (χ1) is 54.1. The molecule has 0 spiro atoms. The zero-order chi connectivity index (χ0) is 85.2. The van der Waals surface area contributed by atoms with E-state index in [1.54, 1.807) is 77.3 Å². The lowest BCUT2D eigenvalue weighted by Crippen LogP contribution is -2.67. The van der Waals surface area contributed by atoms with E-state index in [2.05, 4.69) is 63.1 Å². The van der Waals surface area contributed by atoms with Crippen LogP contribution in [0.1, 0.15) is 123 Å². The van der Waals surface area contributed by atoms with Gasteiger partial charge in [-0.15, -0.1) is 0 Å². The molecule has 1 aliphatic rings. The third kappa shape index (κ3) is 28.2. The molecule has 1 saturated heterocycles. The number of aromatic hydroxyl groups is 2. The fourth-order valence-corrected chi connectivity index (χ4v) is 14.4. The van der Waals surface area contributed by atoms with E-state index in [0.29, 0.717) is 46.3 Å². The number of nitrogens with two attached hydrogens (primary N) is 2. The third-order valence-corrected chi connectivity index (χ3v) is 21.6. The number of hydrogen-bond donors (Lipinski definition) is 17. The van der Waals surface area contributed by atoms with Crippen molar-refractivity contribution in [3.8, 4) is 11.5 Å². The summed E-state index contributed by atoms with van der Waals surface area (Å²) in [7, 11) is 1.43. The molecule has 3 aromatic carbocycles. The Hall–Kier alpha value is -10.4. The summed E-state index contributed by atoms with van der Waals surface area (Å²) in [5.41, 5.74) is 10.4. The van der Waals surface area contributed by atoms with Crippen LogP contribution in [0.15, 0.2) is 97.3 Å². The second kappa shape index (κ2) is 43.4. The van der Waals surface area contributed by atoms with Crippen molar-refractivity contribution in [2.24, 2.45) is 22.8 Å². The molecule has 36 heteroatoms. The van der Waals surface area contributed by atoms with Crippen LogP contribution in [0.3, 0.4) is 0 Å². The van der Waals surface area contributed by atoms with Gasteiger partial charge in [-0.25, -0.2) is 4.98 Å². The number of nitrogens with zero attached hydrogens (tertiary/aromatic N) is 2. The highest BCUT2D eigenvalue weighted by molar-refractivity contribution is 7.98. The molecule has 13 amide bonds. The highest BCUT2D eigenvalue weighted by Crippen LogP contribution is 2.27. The first-order valence-corrected chi connectivity index (χ1v) is 40.0. The Morgan fingerprint density at radius 1 is 0.617 bits per heavy atom. The first-order valence-electron chi connectivity index (χ1n) is 37.7. The van der Waals surface area contributed by atoms with Crippen molar-refractivity contribution in [1.29, 1.82) is 0 Å². The lowest BCUT2D eigenvalue weighted by Gasteiger charge is -2.36. The van der Waals surface area contributed by atoms with Crippen molar-refractivity contribution in [1.82, 2.24) is 68.0 Å². The van der Waals surface area contributed by atoms with Gasteiger partial charge in [0.05, 0.1) is 38.4 Å². The summed E-state index contributed by atoms with van der Waals surface area (Å²) in [5, 5.41) is 68.5. The van der Waals surface area contributed by atoms with Crippen molar-refractivity contribution >= 4 is 111 Å². The van der Waals surface area contributed by atoms with Gasteiger partial charge in [0.15, 0.2) is 0 Å². The highest BCUT2D eigenvalue weighted by atomic mass is 32.2. The smallest absolute Gasteiger partial charge is 0.248 e. The number of likely N-dealkylation sites (tertiary alicyclic amines) is 1. The van der Waals surface area contributed by atoms with Crippen LogP contribution in [0.25, 0.3) is 11.0 Å². The zero-order valence-electron chi connectivity index (χ0n) is 66.8. The molecule has 0 bridgehead atoms. The number of aliphatic hydroxyl groups excluding tert-OH is 2. The van der Waals surface area contributed by atoms with E-state index in [1.807, 2.05) is 18.2 Å². The molecule has 0 radical (unpaired) electrons. The Balaban J connectivity index is 1.09. The summed E-state index contributed by atoms with van der Waals surface area (Å²) in [6.07, 6.45) is 0.682. The van der Waals surface area contributed by atoms with Crippen LogP contribution >= 0.6 is 23.5 Å². The zero-order valence-corrected chi connectivity index (χ0v) is 68.5. The predicted octanol–water partition coefficient (Wildman–Crippen LogP) is 0.315. The number of aromatic amines is 1. The molecule has 628 valence electrons. The average molecular weight is 1640 g/mol. The second-order valence-corrected chi connectivity index (χ2v) is 32.6. The van der Waals surface area contributed by atoms with E-state index in [1.165, 1.54) is 113 Å². The summed E-state index contributed by atoms with van der Waals surface area (Å²) in [5.74, 6) is -10.7. The lowest BCUT2D eigenvalue weighted by atomic mass is 9.85. The number of aliphatic hydroxyl groups is 2. The summed E-state index contributed by atoms with van der Waals surface area (Å²) in [6.45, 7) is 16.0. The van der Waals surface area contributed by atoms with Crippen LogP contribution in [0.5, 0.6) is 11.5 Å². The van der Waals surface area contributed by atoms with Crippen LogP contribution in [0.4, 0.5) is 0 Å². The van der Waals surface area contributed by atoms with E-state index in [-0.39, 0.29) is 74.2 Å². The topological polar surface area (TPSA) is 526 Å². The van der Waals surface area contributed by atoms with E-state index in [9.17, 15) is 82.8 Å². The Morgan fingerprint density at radius 2 is 1.19 bits per heavy atom. The van der Waals surface area contributed by atoms with Crippen LogP contribution in [0.2, 0.25) is 0 Å². The summed E-state index contributed by atoms with van der Waals surface area (Å²) in [6, 6.07) is 10.7. The molecule has 0 saturated carbocycles. The lowest BCUT2D eigenvalue weighted by molar-refractivity contribution is -0.141. The van der Waals surface area contributed by atoms with Gasteiger partial charge < -0.3 is 104 Å². The fraction of sp³-hybridized carbons (Fsp3) is 0.519. The number of ether oxygens (including phenoxy) is 2. The normalized spacial score (nSPS) is 16.5. The van der Waals surface area contributed by atoms with Gasteiger partial charge in [0.25, 0.3) is 0 Å². The number of carbonyl (C=O) groups is 13. The quantitative estimate of drug-likeness (QED) is 0.0233. The Labute approximate surface area is 676 Å². The maximum atomic E-state index is 14.8. The van der Waals surface area contributed by atoms with Gasteiger partial charge in [-0.2, -0.15) is 23.5 Å². The van der Waals surface area contributed by atoms with Crippen LogP contribution in [-0.4, -0.2) is 235 Å². The Morgan fingerprint density at radius 3 is 1.75 bits per heavy atom. The molecular weight excluding hydrogens is 1530 g/mol. The van der Waals surface area contributed by atoms with Gasteiger partial charge in [-0.05, 0) is 123 Å². The number of pyridine rings is 1. The molecule has 6 rings (SSSR count). The minimum Gasteiger partial charge on any atom is -0.508 e. The number of fused-ring (bicyclic) bond motifs is 1. The number of carbonyl (C=O) groups excluding carboxylic acids is 13. The molecule has 19 N–H and O–H groups in total. The number of benzene rings is 3. The number of rotatable bonds is 44. The minimum absolute atomic E-state index is 0.0123. The molecule has 3 heterocycles. The minimum atomic E-state index is -1.96. The number of phenolic OH excluding ortho intramolecular Hbond substituents is 2. The molecule has 5 aromatic rings. The van der Waals surface area contributed by atoms with Crippen LogP contribution in [0, 0.1) is 11.3 Å². The van der Waals surface area contributed by atoms with E-state index in [0.717, 1.165) is 11.1 Å². The summed E-state index contributed by atoms with van der Waals surface area (Å²) in [4.78, 5) is 189. The number of H-pyrrole nitrogens is 1.